The molecule has 4 rings (SSSR count). The summed E-state index contributed by atoms with van der Waals surface area (Å²) in [7, 11) is 0. The number of nitrogens with zero attached hydrogens (tertiary/aromatic N) is 1. The van der Waals surface area contributed by atoms with Gasteiger partial charge in [0.15, 0.2) is 11.5 Å². The van der Waals surface area contributed by atoms with E-state index in [0.29, 0.717) is 23.8 Å². The number of hydrogen-bond donors (Lipinski definition) is 1. The van der Waals surface area contributed by atoms with Gasteiger partial charge >= 0.3 is 0 Å². The SMILES string of the molecule is Cc1nc(-c2ccsc2)sc1C(=O)NC[C@@H]1COc2ccccc2O1. The number of amides is 1. The van der Waals surface area contributed by atoms with Crippen LogP contribution in [0.4, 0.5) is 0 Å². The van der Waals surface area contributed by atoms with Gasteiger partial charge in [-0.3, -0.25) is 4.79 Å². The maximum atomic E-state index is 12.5. The number of ether oxygens (including phenoxy) is 2. The summed E-state index contributed by atoms with van der Waals surface area (Å²) in [5.41, 5.74) is 1.80. The Kier molecular flexibility index (Phi) is 4.42. The summed E-state index contributed by atoms with van der Waals surface area (Å²) in [5.74, 6) is 1.32. The molecule has 0 fully saturated rings. The zero-order valence-electron chi connectivity index (χ0n) is 13.5. The standard InChI is InChI=1S/C18H16N2O3S2/c1-11-16(25-18(20-11)12-6-7-24-10-12)17(21)19-8-13-9-22-14-4-2-3-5-15(14)23-13/h2-7,10,13H,8-9H2,1H3,(H,19,21)/t13-/m1/s1. The van der Waals surface area contributed by atoms with Crippen LogP contribution in [0.5, 0.6) is 11.5 Å². The summed E-state index contributed by atoms with van der Waals surface area (Å²) in [5, 5.41) is 7.83. The first-order valence-electron chi connectivity index (χ1n) is 7.87. The molecule has 1 aliphatic rings. The Morgan fingerprint density at radius 1 is 1.32 bits per heavy atom. The van der Waals surface area contributed by atoms with Crippen molar-refractivity contribution in [1.29, 1.82) is 0 Å². The van der Waals surface area contributed by atoms with Gasteiger partial charge in [-0.25, -0.2) is 4.98 Å². The summed E-state index contributed by atoms with van der Waals surface area (Å²) in [6.07, 6.45) is -0.205. The molecule has 0 saturated carbocycles. The minimum atomic E-state index is -0.205. The first-order chi connectivity index (χ1) is 12.2. The molecule has 0 spiro atoms. The van der Waals surface area contributed by atoms with Crippen LogP contribution in [0, 0.1) is 6.92 Å². The van der Waals surface area contributed by atoms with Crippen molar-refractivity contribution in [1.82, 2.24) is 10.3 Å². The molecule has 3 aromatic rings. The maximum absolute atomic E-state index is 12.5. The van der Waals surface area contributed by atoms with E-state index in [2.05, 4.69) is 10.3 Å². The lowest BCUT2D eigenvalue weighted by Gasteiger charge is -2.26. The van der Waals surface area contributed by atoms with Crippen LogP contribution in [0.2, 0.25) is 0 Å². The number of carbonyl (C=O) groups is 1. The largest absolute Gasteiger partial charge is 0.486 e. The Balaban J connectivity index is 1.40. The van der Waals surface area contributed by atoms with Gasteiger partial charge in [0, 0.05) is 10.9 Å². The van der Waals surface area contributed by atoms with E-state index in [1.165, 1.54) is 11.3 Å². The summed E-state index contributed by atoms with van der Waals surface area (Å²) in [6, 6.07) is 9.55. The third-order valence-corrected chi connectivity index (χ3v) is 5.72. The summed E-state index contributed by atoms with van der Waals surface area (Å²) >= 11 is 3.03. The Hall–Kier alpha value is -2.38. The molecule has 3 heterocycles. The molecule has 0 bridgehead atoms. The van der Waals surface area contributed by atoms with Crippen LogP contribution >= 0.6 is 22.7 Å². The molecular weight excluding hydrogens is 356 g/mol. The van der Waals surface area contributed by atoms with Gasteiger partial charge in [-0.1, -0.05) is 12.1 Å². The first-order valence-corrected chi connectivity index (χ1v) is 9.63. The monoisotopic (exact) mass is 372 g/mol. The lowest BCUT2D eigenvalue weighted by molar-refractivity contribution is 0.0791. The van der Waals surface area contributed by atoms with Gasteiger partial charge in [0.1, 0.15) is 22.6 Å². The summed E-state index contributed by atoms with van der Waals surface area (Å²) < 4.78 is 11.5. The molecule has 1 N–H and O–H groups in total. The molecule has 0 unspecified atom stereocenters. The number of hydrogen-bond acceptors (Lipinski definition) is 6. The number of nitrogens with one attached hydrogen (secondary N) is 1. The maximum Gasteiger partial charge on any atom is 0.263 e. The first kappa shape index (κ1) is 16.1. The zero-order valence-corrected chi connectivity index (χ0v) is 15.2. The van der Waals surface area contributed by atoms with Crippen molar-refractivity contribution < 1.29 is 14.3 Å². The molecule has 5 nitrogen and oxygen atoms in total. The van der Waals surface area contributed by atoms with Crippen molar-refractivity contribution in [3.8, 4) is 22.1 Å². The number of rotatable bonds is 4. The molecule has 1 aliphatic heterocycles. The number of aryl methyl sites for hydroxylation is 1. The quantitative estimate of drug-likeness (QED) is 0.758. The van der Waals surface area contributed by atoms with E-state index in [1.54, 1.807) is 11.3 Å². The predicted octanol–water partition coefficient (Wildman–Crippen LogP) is 3.75. The highest BCUT2D eigenvalue weighted by Gasteiger charge is 2.22. The average molecular weight is 372 g/mol. The Bertz CT molecular complexity index is 890. The number of benzene rings is 1. The van der Waals surface area contributed by atoms with Gasteiger partial charge in [0.25, 0.3) is 5.91 Å². The average Bonchev–Trinajstić information content (AvgIpc) is 3.29. The van der Waals surface area contributed by atoms with Gasteiger partial charge in [-0.15, -0.1) is 11.3 Å². The van der Waals surface area contributed by atoms with Crippen molar-refractivity contribution >= 4 is 28.6 Å². The molecule has 0 saturated heterocycles. The third-order valence-electron chi connectivity index (χ3n) is 3.83. The van der Waals surface area contributed by atoms with Crippen LogP contribution in [0.25, 0.3) is 10.6 Å². The molecule has 1 aromatic carbocycles. The summed E-state index contributed by atoms with van der Waals surface area (Å²) in [4.78, 5) is 17.6. The van der Waals surface area contributed by atoms with Crippen molar-refractivity contribution in [3.63, 3.8) is 0 Å². The Labute approximate surface area is 153 Å². The number of aromatic nitrogens is 1. The molecule has 1 atom stereocenters. The fraction of sp³-hybridized carbons (Fsp3) is 0.222. The molecule has 0 radical (unpaired) electrons. The van der Waals surface area contributed by atoms with Gasteiger partial charge in [-0.05, 0) is 30.5 Å². The van der Waals surface area contributed by atoms with Crippen LogP contribution in [-0.2, 0) is 0 Å². The number of thiophene rings is 1. The van der Waals surface area contributed by atoms with E-state index in [-0.39, 0.29) is 12.0 Å². The number of para-hydroxylation sites is 2. The summed E-state index contributed by atoms with van der Waals surface area (Å²) in [6.45, 7) is 2.66. The second-order valence-corrected chi connectivity index (χ2v) is 7.43. The molecular formula is C18H16N2O3S2. The highest BCUT2D eigenvalue weighted by Crippen LogP contribution is 2.31. The molecule has 128 valence electrons. The number of carbonyl (C=O) groups excluding carboxylic acids is 1. The van der Waals surface area contributed by atoms with E-state index in [9.17, 15) is 4.79 Å². The van der Waals surface area contributed by atoms with Gasteiger partial charge in [-0.2, -0.15) is 11.3 Å². The van der Waals surface area contributed by atoms with Gasteiger partial charge in [0.2, 0.25) is 0 Å². The van der Waals surface area contributed by atoms with Crippen LogP contribution < -0.4 is 14.8 Å². The smallest absolute Gasteiger partial charge is 0.263 e. The second kappa shape index (κ2) is 6.85. The molecule has 7 heteroatoms. The van der Waals surface area contributed by atoms with Crippen LogP contribution in [0.3, 0.4) is 0 Å². The zero-order chi connectivity index (χ0) is 17.2. The molecule has 0 aliphatic carbocycles. The van der Waals surface area contributed by atoms with E-state index in [1.807, 2.05) is 48.0 Å². The molecule has 2 aromatic heterocycles. The highest BCUT2D eigenvalue weighted by molar-refractivity contribution is 7.17. The van der Waals surface area contributed by atoms with Crippen molar-refractivity contribution in [2.24, 2.45) is 0 Å². The lowest BCUT2D eigenvalue weighted by Crippen LogP contribution is -2.40. The fourth-order valence-electron chi connectivity index (χ4n) is 2.57. The van der Waals surface area contributed by atoms with Crippen LogP contribution in [-0.4, -0.2) is 30.1 Å². The predicted molar refractivity (Wildman–Crippen MR) is 98.9 cm³/mol. The van der Waals surface area contributed by atoms with Gasteiger partial charge < -0.3 is 14.8 Å². The lowest BCUT2D eigenvalue weighted by atomic mass is 10.2. The van der Waals surface area contributed by atoms with E-state index >= 15 is 0 Å². The normalized spacial score (nSPS) is 15.8. The van der Waals surface area contributed by atoms with Crippen LogP contribution in [0.15, 0.2) is 41.1 Å². The van der Waals surface area contributed by atoms with E-state index in [4.69, 9.17) is 9.47 Å². The number of thiazole rings is 1. The Morgan fingerprint density at radius 3 is 2.96 bits per heavy atom. The van der Waals surface area contributed by atoms with E-state index in [0.717, 1.165) is 22.0 Å². The van der Waals surface area contributed by atoms with Crippen molar-refractivity contribution in [3.05, 3.63) is 51.7 Å². The minimum Gasteiger partial charge on any atom is -0.486 e. The van der Waals surface area contributed by atoms with Crippen molar-refractivity contribution in [2.45, 2.75) is 13.0 Å². The van der Waals surface area contributed by atoms with Crippen molar-refractivity contribution in [2.75, 3.05) is 13.2 Å². The number of fused-ring (bicyclic) bond motifs is 1. The highest BCUT2D eigenvalue weighted by atomic mass is 32.1. The second-order valence-electron chi connectivity index (χ2n) is 5.65. The van der Waals surface area contributed by atoms with E-state index < -0.39 is 0 Å². The molecule has 25 heavy (non-hydrogen) atoms. The topological polar surface area (TPSA) is 60.5 Å². The minimum absolute atomic E-state index is 0.126. The Morgan fingerprint density at radius 2 is 2.16 bits per heavy atom. The fourth-order valence-corrected chi connectivity index (χ4v) is 4.26. The van der Waals surface area contributed by atoms with Crippen LogP contribution in [0.1, 0.15) is 15.4 Å². The molecule has 1 amide bonds. The van der Waals surface area contributed by atoms with Gasteiger partial charge in [0.05, 0.1) is 12.2 Å². The third kappa shape index (κ3) is 3.38.